The maximum Gasteiger partial charge on any atom is 0.472 e. The number of allylic oxidation sites excluding steroid dienone is 16. The third-order valence-electron chi connectivity index (χ3n) is 9.61. The van der Waals surface area contributed by atoms with Crippen LogP contribution in [0.3, 0.4) is 0 Å². The Morgan fingerprint density at radius 1 is 0.524 bits per heavy atom. The van der Waals surface area contributed by atoms with Gasteiger partial charge in [-0.25, -0.2) is 9.36 Å². The van der Waals surface area contributed by atoms with Gasteiger partial charge in [-0.3, -0.25) is 18.6 Å². The van der Waals surface area contributed by atoms with Crippen molar-refractivity contribution >= 4 is 25.7 Å². The minimum atomic E-state index is -4.78. The second kappa shape index (κ2) is 45.0. The lowest BCUT2D eigenvalue weighted by Gasteiger charge is -2.18. The second-order valence-corrected chi connectivity index (χ2v) is 17.0. The van der Waals surface area contributed by atoms with Crippen molar-refractivity contribution in [2.24, 2.45) is 0 Å². The molecule has 0 saturated heterocycles. The van der Waals surface area contributed by atoms with Gasteiger partial charge >= 0.3 is 19.8 Å². The van der Waals surface area contributed by atoms with Gasteiger partial charge < -0.3 is 25.2 Å². The van der Waals surface area contributed by atoms with Crippen molar-refractivity contribution in [1.82, 2.24) is 5.32 Å². The summed E-state index contributed by atoms with van der Waals surface area (Å²) in [6, 6.07) is -1.56. The number of unbranched alkanes of at least 4 members (excludes halogenated alkanes) is 13. The number of aliphatic hydroxyl groups excluding tert-OH is 1. The van der Waals surface area contributed by atoms with Crippen LogP contribution >= 0.6 is 7.82 Å². The third kappa shape index (κ3) is 44.8. The highest BCUT2D eigenvalue weighted by molar-refractivity contribution is 7.47. The van der Waals surface area contributed by atoms with Crippen LogP contribution in [0.25, 0.3) is 0 Å². The lowest BCUT2D eigenvalue weighted by Crippen LogP contribution is -2.43. The Balaban J connectivity index is 3.99. The van der Waals surface area contributed by atoms with Crippen molar-refractivity contribution in [3.63, 3.8) is 0 Å². The molecular formula is C51H84NO10P. The molecule has 4 N–H and O–H groups in total. The van der Waals surface area contributed by atoms with Gasteiger partial charge in [0.25, 0.3) is 0 Å². The molecule has 11 nitrogen and oxygen atoms in total. The van der Waals surface area contributed by atoms with E-state index in [9.17, 15) is 34.1 Å². The maximum atomic E-state index is 12.3. The molecule has 0 aromatic rings. The molecule has 0 aromatic carbocycles. The molecule has 0 spiro atoms. The van der Waals surface area contributed by atoms with Crippen molar-refractivity contribution in [1.29, 1.82) is 0 Å². The molecule has 0 aliphatic heterocycles. The standard InChI is InChI=1S/C51H84NO10P/c1-3-5-7-9-11-13-15-17-19-21-22-23-24-25-26-27-29-31-33-35-37-39-41-43-50(55)60-44-47(53)45-61-63(58,59)62-46-48(51(56)57)52-49(54)42-40-38-36-34-32-30-28-20-18-16-14-12-10-8-6-4-2/h5,7,11,13,17,19-20,22-23,25-26,28-29,31,35,37,47-48,53H,3-4,6,8-10,12,14-16,18,21,24,27,30,32-34,36,38-46H2,1-2H3,(H,52,54)(H,56,57)(H,58,59)/b7-5-,13-11-,19-17-,23-22-,26-25-,28-20-,31-29-,37-35-. The number of aliphatic carboxylic acids is 1. The number of carboxylic acids is 1. The van der Waals surface area contributed by atoms with Gasteiger partial charge in [-0.05, 0) is 89.9 Å². The zero-order valence-electron chi connectivity index (χ0n) is 38.8. The highest BCUT2D eigenvalue weighted by Gasteiger charge is 2.28. The van der Waals surface area contributed by atoms with Gasteiger partial charge in [-0.1, -0.05) is 169 Å². The first-order valence-electron chi connectivity index (χ1n) is 23.8. The number of hydrogen-bond acceptors (Lipinski definition) is 8. The Kier molecular flexibility index (Phi) is 42.4. The number of nitrogens with one attached hydrogen (secondary N) is 1. The summed E-state index contributed by atoms with van der Waals surface area (Å²) in [5.41, 5.74) is 0. The fraction of sp³-hybridized carbons (Fsp3) is 0.627. The fourth-order valence-corrected chi connectivity index (χ4v) is 6.72. The molecule has 12 heteroatoms. The number of carboxylic acid groups (broad SMARTS) is 1. The van der Waals surface area contributed by atoms with Crippen LogP contribution in [-0.4, -0.2) is 64.9 Å². The van der Waals surface area contributed by atoms with Crippen molar-refractivity contribution in [3.8, 4) is 0 Å². The van der Waals surface area contributed by atoms with Crippen LogP contribution in [0.5, 0.6) is 0 Å². The van der Waals surface area contributed by atoms with Crippen molar-refractivity contribution in [3.05, 3.63) is 97.2 Å². The Hall–Kier alpha value is -3.60. The Labute approximate surface area is 381 Å². The summed E-state index contributed by atoms with van der Waals surface area (Å²) in [4.78, 5) is 46.0. The van der Waals surface area contributed by atoms with Crippen LogP contribution in [0.4, 0.5) is 0 Å². The van der Waals surface area contributed by atoms with E-state index in [2.05, 4.69) is 104 Å². The summed E-state index contributed by atoms with van der Waals surface area (Å²) in [7, 11) is -4.78. The number of esters is 1. The van der Waals surface area contributed by atoms with Crippen LogP contribution < -0.4 is 5.32 Å². The molecule has 0 fully saturated rings. The predicted octanol–water partition coefficient (Wildman–Crippen LogP) is 12.8. The lowest BCUT2D eigenvalue weighted by molar-refractivity contribution is -0.147. The van der Waals surface area contributed by atoms with E-state index in [1.165, 1.54) is 44.9 Å². The number of carbonyl (C=O) groups excluding carboxylic acids is 2. The molecule has 0 bridgehead atoms. The molecular weight excluding hydrogens is 818 g/mol. The summed E-state index contributed by atoms with van der Waals surface area (Å²) in [6.07, 6.45) is 57.2. The van der Waals surface area contributed by atoms with Crippen LogP contribution in [0.2, 0.25) is 0 Å². The number of phosphoric ester groups is 1. The molecule has 0 heterocycles. The van der Waals surface area contributed by atoms with E-state index in [0.29, 0.717) is 19.3 Å². The highest BCUT2D eigenvalue weighted by Crippen LogP contribution is 2.43. The second-order valence-electron chi connectivity index (χ2n) is 15.6. The maximum absolute atomic E-state index is 12.3. The SMILES string of the molecule is CC/C=C\C/C=C\C/C=C\C/C=C\C/C=C\C/C=C\C/C=C\CCCC(=O)OCC(O)COP(=O)(O)OCC(NC(=O)CCCCCCC/C=C\CCCCCCCCC)C(=O)O. The van der Waals surface area contributed by atoms with E-state index in [1.807, 2.05) is 12.2 Å². The number of phosphoric acid groups is 1. The van der Waals surface area contributed by atoms with E-state index in [0.717, 1.165) is 83.5 Å². The molecule has 0 aromatic heterocycles. The number of carbonyl (C=O) groups is 3. The normalized spacial score (nSPS) is 14.5. The summed E-state index contributed by atoms with van der Waals surface area (Å²) in [5.74, 6) is -2.46. The number of ether oxygens (including phenoxy) is 1. The molecule has 3 atom stereocenters. The molecule has 0 saturated carbocycles. The van der Waals surface area contributed by atoms with Crippen molar-refractivity contribution in [2.75, 3.05) is 19.8 Å². The van der Waals surface area contributed by atoms with Crippen molar-refractivity contribution < 1.29 is 47.8 Å². The molecule has 0 aliphatic rings. The van der Waals surface area contributed by atoms with E-state index >= 15 is 0 Å². The van der Waals surface area contributed by atoms with E-state index in [1.54, 1.807) is 0 Å². The number of rotatable bonds is 43. The molecule has 358 valence electrons. The van der Waals surface area contributed by atoms with E-state index in [-0.39, 0.29) is 12.8 Å². The van der Waals surface area contributed by atoms with Crippen molar-refractivity contribution in [2.45, 2.75) is 187 Å². The largest absolute Gasteiger partial charge is 0.480 e. The Morgan fingerprint density at radius 3 is 1.43 bits per heavy atom. The van der Waals surface area contributed by atoms with Gasteiger partial charge in [-0.2, -0.15) is 0 Å². The van der Waals surface area contributed by atoms with Gasteiger partial charge in [0.2, 0.25) is 5.91 Å². The summed E-state index contributed by atoms with van der Waals surface area (Å²) >= 11 is 0. The van der Waals surface area contributed by atoms with Gasteiger partial charge in [0.15, 0.2) is 6.04 Å². The third-order valence-corrected chi connectivity index (χ3v) is 10.6. The van der Waals surface area contributed by atoms with Gasteiger partial charge in [-0.15, -0.1) is 0 Å². The first kappa shape index (κ1) is 59.4. The predicted molar refractivity (Wildman–Crippen MR) is 258 cm³/mol. The molecule has 0 radical (unpaired) electrons. The number of aliphatic hydroxyl groups is 1. The van der Waals surface area contributed by atoms with Gasteiger partial charge in [0.05, 0.1) is 13.2 Å². The van der Waals surface area contributed by atoms with E-state index < -0.39 is 57.6 Å². The van der Waals surface area contributed by atoms with Gasteiger partial charge in [0, 0.05) is 12.8 Å². The first-order valence-corrected chi connectivity index (χ1v) is 25.3. The topological polar surface area (TPSA) is 169 Å². The minimum absolute atomic E-state index is 0.127. The molecule has 0 rings (SSSR count). The molecule has 63 heavy (non-hydrogen) atoms. The molecule has 0 aliphatic carbocycles. The molecule has 1 amide bonds. The minimum Gasteiger partial charge on any atom is -0.480 e. The summed E-state index contributed by atoms with van der Waals surface area (Å²) in [5, 5.41) is 21.9. The number of hydrogen-bond donors (Lipinski definition) is 4. The first-order chi connectivity index (χ1) is 30.6. The van der Waals surface area contributed by atoms with Crippen LogP contribution in [-0.2, 0) is 32.7 Å². The molecule has 3 unspecified atom stereocenters. The zero-order chi connectivity index (χ0) is 46.3. The number of amides is 1. The zero-order valence-corrected chi connectivity index (χ0v) is 39.7. The Morgan fingerprint density at radius 2 is 0.937 bits per heavy atom. The lowest BCUT2D eigenvalue weighted by atomic mass is 10.1. The fourth-order valence-electron chi connectivity index (χ4n) is 5.94. The van der Waals surface area contributed by atoms with E-state index in [4.69, 9.17) is 13.8 Å². The summed E-state index contributed by atoms with van der Waals surface area (Å²) < 4.78 is 26.8. The highest BCUT2D eigenvalue weighted by atomic mass is 31.2. The van der Waals surface area contributed by atoms with Crippen LogP contribution in [0, 0.1) is 0 Å². The Bertz CT molecular complexity index is 1430. The average molecular weight is 902 g/mol. The monoisotopic (exact) mass is 902 g/mol. The van der Waals surface area contributed by atoms with Gasteiger partial charge in [0.1, 0.15) is 12.7 Å². The smallest absolute Gasteiger partial charge is 0.472 e. The van der Waals surface area contributed by atoms with Crippen LogP contribution in [0.1, 0.15) is 174 Å². The average Bonchev–Trinajstić information content (AvgIpc) is 3.26. The van der Waals surface area contributed by atoms with Crippen LogP contribution in [0.15, 0.2) is 97.2 Å². The summed E-state index contributed by atoms with van der Waals surface area (Å²) in [6.45, 7) is 2.40. The quantitative estimate of drug-likeness (QED) is 0.0200.